The Hall–Kier alpha value is -2.72. The Morgan fingerprint density at radius 2 is 2.06 bits per heavy atom. The van der Waals surface area contributed by atoms with Crippen molar-refractivity contribution in [3.63, 3.8) is 0 Å². The maximum atomic E-state index is 13.7. The molecule has 31 heavy (non-hydrogen) atoms. The van der Waals surface area contributed by atoms with Gasteiger partial charge in [0.1, 0.15) is 0 Å². The largest absolute Gasteiger partial charge is 0.381 e. The molecule has 5 rings (SSSR count). The second-order valence-electron chi connectivity index (χ2n) is 8.05. The van der Waals surface area contributed by atoms with E-state index in [2.05, 4.69) is 20.4 Å². The summed E-state index contributed by atoms with van der Waals surface area (Å²) in [5, 5.41) is 16.0. The molecule has 3 heterocycles. The lowest BCUT2D eigenvalue weighted by atomic mass is 9.66. The zero-order chi connectivity index (χ0) is 21.9. The number of rotatable bonds is 4. The summed E-state index contributed by atoms with van der Waals surface area (Å²) in [4.78, 5) is 21.1. The quantitative estimate of drug-likeness (QED) is 0.630. The van der Waals surface area contributed by atoms with Gasteiger partial charge >= 0.3 is 0 Å². The van der Waals surface area contributed by atoms with Gasteiger partial charge in [0.25, 0.3) is 6.43 Å². The Morgan fingerprint density at radius 1 is 1.29 bits per heavy atom. The minimum atomic E-state index is -3.03. The molecule has 2 atom stereocenters. The van der Waals surface area contributed by atoms with Crippen LogP contribution in [0.2, 0.25) is 5.02 Å². The van der Waals surface area contributed by atoms with Crippen LogP contribution in [0, 0.1) is 5.95 Å². The number of halogens is 4. The first-order chi connectivity index (χ1) is 14.8. The third-order valence-corrected chi connectivity index (χ3v) is 6.54. The molecular formula is C20H17ClF3N5O2. The predicted octanol–water partition coefficient (Wildman–Crippen LogP) is 3.76. The summed E-state index contributed by atoms with van der Waals surface area (Å²) in [6.45, 7) is 0. The van der Waals surface area contributed by atoms with Gasteiger partial charge in [0.2, 0.25) is 11.9 Å². The van der Waals surface area contributed by atoms with Crippen molar-refractivity contribution in [1.29, 1.82) is 0 Å². The van der Waals surface area contributed by atoms with E-state index in [1.54, 1.807) is 6.20 Å². The summed E-state index contributed by atoms with van der Waals surface area (Å²) in [6, 6.07) is 2.52. The van der Waals surface area contributed by atoms with Crippen molar-refractivity contribution in [3.05, 3.63) is 52.4 Å². The number of alkyl halides is 2. The van der Waals surface area contributed by atoms with Crippen LogP contribution in [0.15, 0.2) is 24.5 Å². The van der Waals surface area contributed by atoms with E-state index in [1.807, 2.05) is 0 Å². The zero-order valence-electron chi connectivity index (χ0n) is 16.0. The van der Waals surface area contributed by atoms with Crippen LogP contribution in [-0.2, 0) is 10.2 Å². The highest BCUT2D eigenvalue weighted by molar-refractivity contribution is 6.31. The number of hydrogen-bond donors (Lipinski definition) is 2. The van der Waals surface area contributed by atoms with Gasteiger partial charge < -0.3 is 10.4 Å². The van der Waals surface area contributed by atoms with Gasteiger partial charge in [-0.25, -0.2) is 18.3 Å². The summed E-state index contributed by atoms with van der Waals surface area (Å²) in [5.41, 5.74) is 1.51. The number of anilines is 1. The van der Waals surface area contributed by atoms with Crippen molar-refractivity contribution in [2.24, 2.45) is 0 Å². The average molecular weight is 452 g/mol. The fourth-order valence-corrected chi connectivity index (χ4v) is 4.94. The van der Waals surface area contributed by atoms with Crippen LogP contribution in [0.5, 0.6) is 0 Å². The summed E-state index contributed by atoms with van der Waals surface area (Å²) < 4.78 is 40.7. The van der Waals surface area contributed by atoms with Gasteiger partial charge in [-0.3, -0.25) is 9.78 Å². The zero-order valence-corrected chi connectivity index (χ0v) is 16.8. The number of aliphatic hydroxyl groups excluding tert-OH is 1. The highest BCUT2D eigenvalue weighted by atomic mass is 35.5. The van der Waals surface area contributed by atoms with Gasteiger partial charge in [-0.15, -0.1) is 5.10 Å². The lowest BCUT2D eigenvalue weighted by molar-refractivity contribution is -0.117. The molecule has 0 bridgehead atoms. The van der Waals surface area contributed by atoms with Crippen LogP contribution in [0.4, 0.5) is 18.9 Å². The van der Waals surface area contributed by atoms with Crippen LogP contribution < -0.4 is 5.32 Å². The van der Waals surface area contributed by atoms with Gasteiger partial charge in [-0.1, -0.05) is 18.0 Å². The molecule has 0 aliphatic heterocycles. The number of fused-ring (bicyclic) bond motifs is 4. The first kappa shape index (κ1) is 20.2. The molecule has 2 aliphatic rings. The lowest BCUT2D eigenvalue weighted by Gasteiger charge is -2.39. The van der Waals surface area contributed by atoms with E-state index in [9.17, 15) is 23.1 Å². The summed E-state index contributed by atoms with van der Waals surface area (Å²) in [6.07, 6.45) is 0.918. The third-order valence-electron chi connectivity index (χ3n) is 6.24. The van der Waals surface area contributed by atoms with Crippen LogP contribution in [-0.4, -0.2) is 37.0 Å². The van der Waals surface area contributed by atoms with E-state index in [0.717, 1.165) is 25.0 Å². The molecule has 0 aromatic carbocycles. The van der Waals surface area contributed by atoms with E-state index in [0.29, 0.717) is 17.6 Å². The van der Waals surface area contributed by atoms with Gasteiger partial charge in [-0.2, -0.15) is 4.39 Å². The minimum Gasteiger partial charge on any atom is -0.381 e. The molecule has 2 N–H and O–H groups in total. The fourth-order valence-electron chi connectivity index (χ4n) is 4.66. The standard InChI is InChI=1S/C20H17ClF3N5O2/c21-12-4-9(7-26-15(12)16(30)18(23)24)27-19(31)10-6-20(2-1-3-20)17-11(10)8-25-14-5-13(22)28-29(14)17/h4-5,7-8,10,16,18,30H,1-3,6H2,(H,27,31). The minimum absolute atomic E-state index is 0.178. The van der Waals surface area contributed by atoms with Crippen LogP contribution in [0.3, 0.4) is 0 Å². The molecule has 0 saturated heterocycles. The number of amides is 1. The average Bonchev–Trinajstić information content (AvgIpc) is 3.24. The van der Waals surface area contributed by atoms with E-state index < -0.39 is 24.4 Å². The second kappa shape index (κ2) is 7.16. The Balaban J connectivity index is 1.45. The molecule has 11 heteroatoms. The number of nitrogens with one attached hydrogen (secondary N) is 1. The highest BCUT2D eigenvalue weighted by Crippen LogP contribution is 2.56. The summed E-state index contributed by atoms with van der Waals surface area (Å²) >= 11 is 5.97. The molecule has 1 spiro atoms. The summed E-state index contributed by atoms with van der Waals surface area (Å²) in [7, 11) is 0. The van der Waals surface area contributed by atoms with Crippen molar-refractivity contribution in [3.8, 4) is 0 Å². The molecule has 3 aromatic rings. The first-order valence-electron chi connectivity index (χ1n) is 9.76. The molecular weight excluding hydrogens is 435 g/mol. The van der Waals surface area contributed by atoms with Crippen molar-refractivity contribution in [2.75, 3.05) is 5.32 Å². The fraction of sp³-hybridized carbons (Fsp3) is 0.400. The van der Waals surface area contributed by atoms with Crippen LogP contribution in [0.25, 0.3) is 5.65 Å². The third kappa shape index (κ3) is 3.16. The lowest BCUT2D eigenvalue weighted by Crippen LogP contribution is -2.34. The van der Waals surface area contributed by atoms with Gasteiger partial charge in [0, 0.05) is 23.2 Å². The molecule has 7 nitrogen and oxygen atoms in total. The van der Waals surface area contributed by atoms with E-state index >= 15 is 0 Å². The number of aliphatic hydroxyl groups is 1. The molecule has 1 saturated carbocycles. The van der Waals surface area contributed by atoms with E-state index in [-0.39, 0.29) is 27.7 Å². The Labute approximate surface area is 179 Å². The first-order valence-corrected chi connectivity index (χ1v) is 10.1. The van der Waals surface area contributed by atoms with Crippen molar-refractivity contribution in [1.82, 2.24) is 19.6 Å². The molecule has 2 aliphatic carbocycles. The molecule has 1 amide bonds. The maximum absolute atomic E-state index is 13.7. The van der Waals surface area contributed by atoms with Crippen LogP contribution in [0.1, 0.15) is 54.7 Å². The smallest absolute Gasteiger partial charge is 0.269 e. The van der Waals surface area contributed by atoms with Crippen LogP contribution >= 0.6 is 11.6 Å². The van der Waals surface area contributed by atoms with E-state index in [4.69, 9.17) is 11.6 Å². The van der Waals surface area contributed by atoms with Crippen molar-refractivity contribution >= 4 is 28.8 Å². The Kier molecular flexibility index (Phi) is 4.67. The molecule has 2 unspecified atom stereocenters. The number of aromatic nitrogens is 4. The monoisotopic (exact) mass is 451 g/mol. The molecule has 1 fully saturated rings. The number of pyridine rings is 1. The normalized spacial score (nSPS) is 20.1. The SMILES string of the molecule is O=C(Nc1cnc(C(O)C(F)F)c(Cl)c1)C1CC2(CCC2)c2c1cnc1cc(F)nn21. The Bertz CT molecular complexity index is 1200. The topological polar surface area (TPSA) is 92.4 Å². The maximum Gasteiger partial charge on any atom is 0.269 e. The van der Waals surface area contributed by atoms with Gasteiger partial charge in [0.15, 0.2) is 11.8 Å². The number of hydrogen-bond acceptors (Lipinski definition) is 5. The highest BCUT2D eigenvalue weighted by Gasteiger charge is 2.52. The Morgan fingerprint density at radius 3 is 2.71 bits per heavy atom. The predicted molar refractivity (Wildman–Crippen MR) is 105 cm³/mol. The molecule has 162 valence electrons. The van der Waals surface area contributed by atoms with Gasteiger partial charge in [-0.05, 0) is 25.3 Å². The molecule has 0 radical (unpaired) electrons. The van der Waals surface area contributed by atoms with Crippen molar-refractivity contribution in [2.45, 2.75) is 49.5 Å². The number of carbonyl (C=O) groups is 1. The molecule has 3 aromatic heterocycles. The second-order valence-corrected chi connectivity index (χ2v) is 8.46. The number of nitrogens with zero attached hydrogens (tertiary/aromatic N) is 4. The van der Waals surface area contributed by atoms with Crippen molar-refractivity contribution < 1.29 is 23.1 Å². The van der Waals surface area contributed by atoms with E-state index in [1.165, 1.54) is 22.8 Å². The number of carbonyl (C=O) groups excluding carboxylic acids is 1. The summed E-state index contributed by atoms with van der Waals surface area (Å²) in [5.74, 6) is -1.50. The van der Waals surface area contributed by atoms with Gasteiger partial charge in [0.05, 0.1) is 34.2 Å².